The number of fused-ring (bicyclic) bond motifs is 2. The molecular weight excluding hydrogens is 488 g/mol. The maximum atomic E-state index is 6.78. The Morgan fingerprint density at radius 3 is 1.28 bits per heavy atom. The van der Waals surface area contributed by atoms with Gasteiger partial charge in [0.25, 0.3) is 5.79 Å². The van der Waals surface area contributed by atoms with E-state index in [1.807, 2.05) is 72.8 Å². The third-order valence-corrected chi connectivity index (χ3v) is 7.61. The molecule has 0 amide bonds. The van der Waals surface area contributed by atoms with Gasteiger partial charge in [-0.3, -0.25) is 0 Å². The normalized spacial score (nSPS) is 17.7. The SMILES string of the molecule is CC1(C)CC2(CC(C)(C)c3ccc(Oc4ccc(N)cc4)cc3O2)Oc2cc(Oc3ccc(N)cc3)ccc21. The van der Waals surface area contributed by atoms with E-state index in [-0.39, 0.29) is 10.8 Å². The number of rotatable bonds is 4. The molecule has 4 aromatic rings. The van der Waals surface area contributed by atoms with Crippen molar-refractivity contribution >= 4 is 11.4 Å². The van der Waals surface area contributed by atoms with Crippen molar-refractivity contribution in [1.29, 1.82) is 0 Å². The lowest BCUT2D eigenvalue weighted by atomic mass is 9.69. The summed E-state index contributed by atoms with van der Waals surface area (Å²) >= 11 is 0. The highest BCUT2D eigenvalue weighted by Crippen LogP contribution is 2.54. The molecule has 0 fully saturated rings. The summed E-state index contributed by atoms with van der Waals surface area (Å²) < 4.78 is 25.8. The molecule has 200 valence electrons. The molecule has 0 aromatic heterocycles. The van der Waals surface area contributed by atoms with Crippen LogP contribution >= 0.6 is 0 Å². The van der Waals surface area contributed by atoms with E-state index in [4.69, 9.17) is 30.4 Å². The van der Waals surface area contributed by atoms with Gasteiger partial charge in [-0.15, -0.1) is 0 Å². The molecule has 2 heterocycles. The molecule has 0 radical (unpaired) electrons. The summed E-state index contributed by atoms with van der Waals surface area (Å²) in [5, 5.41) is 0. The van der Waals surface area contributed by atoms with Crippen molar-refractivity contribution in [2.24, 2.45) is 0 Å². The molecule has 0 atom stereocenters. The van der Waals surface area contributed by atoms with Gasteiger partial charge in [-0.2, -0.15) is 0 Å². The third kappa shape index (κ3) is 4.83. The van der Waals surface area contributed by atoms with Gasteiger partial charge in [0, 0.05) is 58.3 Å². The Labute approximate surface area is 229 Å². The zero-order chi connectivity index (χ0) is 27.4. The fraction of sp³-hybridized carbons (Fsp3) is 0.273. The Hall–Kier alpha value is -4.32. The van der Waals surface area contributed by atoms with Crippen LogP contribution in [0.2, 0.25) is 0 Å². The molecular formula is C33H34N2O4. The standard InChI is InChI=1S/C33H34N2O4/c1-31(2)19-33(38-29-17-25(13-15-27(29)31)36-23-9-5-21(34)6-10-23)20-32(3,4)28-16-14-26(18-30(28)39-33)37-24-11-7-22(35)8-12-24/h5-18H,19-20,34-35H2,1-4H3. The van der Waals surface area contributed by atoms with Crippen LogP contribution in [-0.2, 0) is 10.8 Å². The second kappa shape index (κ2) is 8.87. The number of ether oxygens (including phenoxy) is 4. The maximum absolute atomic E-state index is 6.78. The van der Waals surface area contributed by atoms with Crippen molar-refractivity contribution in [2.75, 3.05) is 11.5 Å². The van der Waals surface area contributed by atoms with Gasteiger partial charge in [0.2, 0.25) is 0 Å². The van der Waals surface area contributed by atoms with Crippen molar-refractivity contribution in [3.05, 3.63) is 96.1 Å². The Kier molecular flexibility index (Phi) is 5.68. The van der Waals surface area contributed by atoms with Crippen LogP contribution < -0.4 is 30.4 Å². The lowest BCUT2D eigenvalue weighted by Gasteiger charge is -2.51. The minimum atomic E-state index is -0.841. The Morgan fingerprint density at radius 2 is 0.897 bits per heavy atom. The van der Waals surface area contributed by atoms with Gasteiger partial charge in [0.15, 0.2) is 0 Å². The van der Waals surface area contributed by atoms with Crippen molar-refractivity contribution in [3.63, 3.8) is 0 Å². The number of nitrogen functional groups attached to an aromatic ring is 2. The van der Waals surface area contributed by atoms with Crippen LogP contribution in [0.15, 0.2) is 84.9 Å². The van der Waals surface area contributed by atoms with Crippen molar-refractivity contribution < 1.29 is 18.9 Å². The second-order valence-corrected chi connectivity index (χ2v) is 11.9. The van der Waals surface area contributed by atoms with E-state index in [0.29, 0.717) is 47.2 Å². The molecule has 0 saturated heterocycles. The Morgan fingerprint density at radius 1 is 0.538 bits per heavy atom. The van der Waals surface area contributed by atoms with E-state index in [1.165, 1.54) is 0 Å². The molecule has 0 bridgehead atoms. The maximum Gasteiger partial charge on any atom is 0.252 e. The molecule has 2 aliphatic heterocycles. The number of nitrogens with two attached hydrogens (primary N) is 2. The zero-order valence-electron chi connectivity index (χ0n) is 22.8. The molecule has 6 rings (SSSR count). The molecule has 1 spiro atoms. The molecule has 0 aliphatic carbocycles. The number of hydrogen-bond acceptors (Lipinski definition) is 6. The van der Waals surface area contributed by atoms with Crippen LogP contribution in [-0.4, -0.2) is 5.79 Å². The molecule has 4 N–H and O–H groups in total. The van der Waals surface area contributed by atoms with E-state index in [9.17, 15) is 0 Å². The molecule has 0 saturated carbocycles. The first-order valence-corrected chi connectivity index (χ1v) is 13.2. The summed E-state index contributed by atoms with van der Waals surface area (Å²) in [6.45, 7) is 8.96. The fourth-order valence-electron chi connectivity index (χ4n) is 5.93. The number of hydrogen-bond donors (Lipinski definition) is 2. The average Bonchev–Trinajstić information content (AvgIpc) is 2.85. The van der Waals surface area contributed by atoms with Gasteiger partial charge in [0.05, 0.1) is 0 Å². The van der Waals surface area contributed by atoms with Crippen LogP contribution in [0.4, 0.5) is 11.4 Å². The summed E-state index contributed by atoms with van der Waals surface area (Å²) in [6.07, 6.45) is 1.41. The molecule has 4 aromatic carbocycles. The van der Waals surface area contributed by atoms with Crippen LogP contribution in [0.5, 0.6) is 34.5 Å². The van der Waals surface area contributed by atoms with Gasteiger partial charge >= 0.3 is 0 Å². The molecule has 6 heteroatoms. The van der Waals surface area contributed by atoms with Crippen LogP contribution in [0, 0.1) is 0 Å². The first-order valence-electron chi connectivity index (χ1n) is 13.2. The molecule has 0 unspecified atom stereocenters. The van der Waals surface area contributed by atoms with Crippen molar-refractivity contribution in [2.45, 2.75) is 57.2 Å². The van der Waals surface area contributed by atoms with Crippen LogP contribution in [0.25, 0.3) is 0 Å². The smallest absolute Gasteiger partial charge is 0.252 e. The highest BCUT2D eigenvalue weighted by atomic mass is 16.7. The highest BCUT2D eigenvalue weighted by molar-refractivity contribution is 5.52. The highest BCUT2D eigenvalue weighted by Gasteiger charge is 2.53. The lowest BCUT2D eigenvalue weighted by Crippen LogP contribution is -2.55. The minimum absolute atomic E-state index is 0.182. The molecule has 2 aliphatic rings. The quantitative estimate of drug-likeness (QED) is 0.264. The van der Waals surface area contributed by atoms with Crippen LogP contribution in [0.1, 0.15) is 51.7 Å². The van der Waals surface area contributed by atoms with Crippen LogP contribution in [0.3, 0.4) is 0 Å². The summed E-state index contributed by atoms with van der Waals surface area (Å²) in [5.41, 5.74) is 14.9. The number of anilines is 2. The van der Waals surface area contributed by atoms with Crippen molar-refractivity contribution in [3.8, 4) is 34.5 Å². The predicted octanol–water partition coefficient (Wildman–Crippen LogP) is 7.95. The average molecular weight is 523 g/mol. The topological polar surface area (TPSA) is 89.0 Å². The predicted molar refractivity (Wildman–Crippen MR) is 154 cm³/mol. The van der Waals surface area contributed by atoms with E-state index in [2.05, 4.69) is 39.8 Å². The molecule has 6 nitrogen and oxygen atoms in total. The summed E-state index contributed by atoms with van der Waals surface area (Å²) in [5.74, 6) is 3.52. The van der Waals surface area contributed by atoms with E-state index in [1.54, 1.807) is 0 Å². The third-order valence-electron chi connectivity index (χ3n) is 7.61. The Bertz CT molecular complexity index is 1410. The second-order valence-electron chi connectivity index (χ2n) is 11.9. The van der Waals surface area contributed by atoms with Gasteiger partial charge in [0.1, 0.15) is 34.5 Å². The van der Waals surface area contributed by atoms with E-state index < -0.39 is 5.79 Å². The van der Waals surface area contributed by atoms with Gasteiger partial charge in [-0.25, -0.2) is 0 Å². The monoisotopic (exact) mass is 522 g/mol. The Balaban J connectivity index is 1.32. The summed E-state index contributed by atoms with van der Waals surface area (Å²) in [6, 6.07) is 26.8. The lowest BCUT2D eigenvalue weighted by molar-refractivity contribution is -0.166. The minimum Gasteiger partial charge on any atom is -0.457 e. The van der Waals surface area contributed by atoms with E-state index >= 15 is 0 Å². The summed E-state index contributed by atoms with van der Waals surface area (Å²) in [7, 11) is 0. The van der Waals surface area contributed by atoms with Gasteiger partial charge < -0.3 is 30.4 Å². The van der Waals surface area contributed by atoms with Gasteiger partial charge in [-0.1, -0.05) is 39.8 Å². The zero-order valence-corrected chi connectivity index (χ0v) is 22.8. The first-order chi connectivity index (χ1) is 18.5. The summed E-state index contributed by atoms with van der Waals surface area (Å²) in [4.78, 5) is 0. The van der Waals surface area contributed by atoms with Gasteiger partial charge in [-0.05, 0) is 60.7 Å². The largest absolute Gasteiger partial charge is 0.457 e. The van der Waals surface area contributed by atoms with Crippen molar-refractivity contribution in [1.82, 2.24) is 0 Å². The first kappa shape index (κ1) is 25.0. The number of benzene rings is 4. The fourth-order valence-corrected chi connectivity index (χ4v) is 5.93. The van der Waals surface area contributed by atoms with E-state index in [0.717, 1.165) is 22.6 Å². The molecule has 39 heavy (non-hydrogen) atoms.